The highest BCUT2D eigenvalue weighted by Gasteiger charge is 2.22. The summed E-state index contributed by atoms with van der Waals surface area (Å²) < 4.78 is 10.9. The van der Waals surface area contributed by atoms with Gasteiger partial charge in [-0.3, -0.25) is 9.80 Å². The molecule has 0 saturated carbocycles. The highest BCUT2D eigenvalue weighted by atomic mass is 16.5. The van der Waals surface area contributed by atoms with Crippen LogP contribution in [0.4, 0.5) is 0 Å². The summed E-state index contributed by atoms with van der Waals surface area (Å²) in [6, 6.07) is 9.99. The molecule has 0 amide bonds. The summed E-state index contributed by atoms with van der Waals surface area (Å²) in [7, 11) is 1.75. The number of rotatable bonds is 7. The van der Waals surface area contributed by atoms with Gasteiger partial charge in [-0.15, -0.1) is 0 Å². The number of piperazine rings is 1. The molecule has 1 aromatic rings. The number of nitrogens with zero attached hydrogens (tertiary/aromatic N) is 3. The Labute approximate surface area is 133 Å². The van der Waals surface area contributed by atoms with E-state index in [1.165, 1.54) is 0 Å². The van der Waals surface area contributed by atoms with Crippen LogP contribution in [0, 0.1) is 11.3 Å². The topological polar surface area (TPSA) is 48.7 Å². The van der Waals surface area contributed by atoms with Crippen molar-refractivity contribution < 1.29 is 9.47 Å². The van der Waals surface area contributed by atoms with Gasteiger partial charge in [-0.2, -0.15) is 5.26 Å². The summed E-state index contributed by atoms with van der Waals surface area (Å²) in [6.45, 7) is 8.83. The van der Waals surface area contributed by atoms with Gasteiger partial charge in [0, 0.05) is 45.9 Å². The molecule has 2 rings (SSSR count). The van der Waals surface area contributed by atoms with Crippen molar-refractivity contribution in [2.75, 3.05) is 53.0 Å². The molecule has 0 radical (unpaired) electrons. The van der Waals surface area contributed by atoms with E-state index in [1.807, 2.05) is 12.1 Å². The summed E-state index contributed by atoms with van der Waals surface area (Å²) in [6.07, 6.45) is 0. The molecule has 1 aliphatic heterocycles. The van der Waals surface area contributed by atoms with Gasteiger partial charge in [-0.25, -0.2) is 0 Å². The maximum Gasteiger partial charge on any atom is 0.120 e. The lowest BCUT2D eigenvalue weighted by molar-refractivity contribution is 0.0531. The number of nitriles is 1. The first-order chi connectivity index (χ1) is 10.7. The highest BCUT2D eigenvalue weighted by Crippen LogP contribution is 2.13. The van der Waals surface area contributed by atoms with Gasteiger partial charge in [0.2, 0.25) is 0 Å². The third-order valence-electron chi connectivity index (χ3n) is 4.07. The van der Waals surface area contributed by atoms with Crippen LogP contribution in [0.1, 0.15) is 12.5 Å². The summed E-state index contributed by atoms with van der Waals surface area (Å²) in [5, 5.41) is 8.88. The summed E-state index contributed by atoms with van der Waals surface area (Å²) in [5.74, 6) is 0.769. The van der Waals surface area contributed by atoms with Gasteiger partial charge >= 0.3 is 0 Å². The minimum absolute atomic E-state index is 0.547. The lowest BCUT2D eigenvalue weighted by atomic mass is 10.2. The second kappa shape index (κ2) is 8.74. The molecule has 0 bridgehead atoms. The lowest BCUT2D eigenvalue weighted by Crippen LogP contribution is -2.53. The van der Waals surface area contributed by atoms with Gasteiger partial charge in [-0.05, 0) is 25.1 Å². The fourth-order valence-electron chi connectivity index (χ4n) is 2.76. The molecule has 1 heterocycles. The van der Waals surface area contributed by atoms with Crippen LogP contribution >= 0.6 is 0 Å². The highest BCUT2D eigenvalue weighted by molar-refractivity contribution is 5.36. The standard InChI is InChI=1S/C17H25N3O2/c1-15-14-19(6-7-20(15)9-10-21-2)8-11-22-17-5-3-4-16(12-17)13-18/h3-5,12,15H,6-11,14H2,1-2H3/t15-/m1/s1. The Hall–Kier alpha value is -1.61. The minimum Gasteiger partial charge on any atom is -0.492 e. The van der Waals surface area contributed by atoms with Crippen LogP contribution in [0.25, 0.3) is 0 Å². The van der Waals surface area contributed by atoms with E-state index in [0.717, 1.165) is 45.1 Å². The van der Waals surface area contributed by atoms with Crippen LogP contribution < -0.4 is 4.74 Å². The van der Waals surface area contributed by atoms with Crippen LogP contribution in [-0.4, -0.2) is 68.9 Å². The van der Waals surface area contributed by atoms with Gasteiger partial charge in [0.15, 0.2) is 0 Å². The van der Waals surface area contributed by atoms with Crippen LogP contribution in [-0.2, 0) is 4.74 Å². The van der Waals surface area contributed by atoms with Crippen molar-refractivity contribution in [3.63, 3.8) is 0 Å². The van der Waals surface area contributed by atoms with Crippen molar-refractivity contribution in [1.82, 2.24) is 9.80 Å². The Balaban J connectivity index is 1.71. The van der Waals surface area contributed by atoms with E-state index < -0.39 is 0 Å². The average molecular weight is 303 g/mol. The monoisotopic (exact) mass is 303 g/mol. The molecule has 5 nitrogen and oxygen atoms in total. The van der Waals surface area contributed by atoms with Crippen molar-refractivity contribution in [2.24, 2.45) is 0 Å². The van der Waals surface area contributed by atoms with Gasteiger partial charge in [0.05, 0.1) is 18.2 Å². The van der Waals surface area contributed by atoms with E-state index in [2.05, 4.69) is 22.8 Å². The molecule has 5 heteroatoms. The van der Waals surface area contributed by atoms with E-state index in [0.29, 0.717) is 18.2 Å². The normalized spacial score (nSPS) is 19.8. The van der Waals surface area contributed by atoms with Crippen molar-refractivity contribution in [3.05, 3.63) is 29.8 Å². The van der Waals surface area contributed by atoms with Gasteiger partial charge in [0.25, 0.3) is 0 Å². The first kappa shape index (κ1) is 16.8. The molecule has 1 fully saturated rings. The van der Waals surface area contributed by atoms with Gasteiger partial charge in [0.1, 0.15) is 12.4 Å². The molecule has 120 valence electrons. The lowest BCUT2D eigenvalue weighted by Gasteiger charge is -2.39. The maximum absolute atomic E-state index is 8.88. The van der Waals surface area contributed by atoms with E-state index >= 15 is 0 Å². The summed E-state index contributed by atoms with van der Waals surface area (Å²) in [5.41, 5.74) is 0.637. The Morgan fingerprint density at radius 1 is 1.27 bits per heavy atom. The summed E-state index contributed by atoms with van der Waals surface area (Å²) >= 11 is 0. The second-order valence-electron chi connectivity index (χ2n) is 5.67. The predicted molar refractivity (Wildman–Crippen MR) is 86.0 cm³/mol. The second-order valence-corrected chi connectivity index (χ2v) is 5.67. The molecule has 1 aliphatic rings. The van der Waals surface area contributed by atoms with Crippen LogP contribution in [0.2, 0.25) is 0 Å². The third-order valence-corrected chi connectivity index (χ3v) is 4.07. The van der Waals surface area contributed by atoms with Gasteiger partial charge in [-0.1, -0.05) is 6.07 Å². The molecule has 0 unspecified atom stereocenters. The maximum atomic E-state index is 8.88. The largest absolute Gasteiger partial charge is 0.492 e. The van der Waals surface area contributed by atoms with Crippen molar-refractivity contribution in [1.29, 1.82) is 5.26 Å². The SMILES string of the molecule is COCCN1CCN(CCOc2cccc(C#N)c2)C[C@H]1C. The molecule has 0 N–H and O–H groups in total. The van der Waals surface area contributed by atoms with E-state index in [9.17, 15) is 0 Å². The zero-order valence-electron chi connectivity index (χ0n) is 13.5. The molecular formula is C17H25N3O2. The van der Waals surface area contributed by atoms with Crippen LogP contribution in [0.15, 0.2) is 24.3 Å². The quantitative estimate of drug-likeness (QED) is 0.765. The Morgan fingerprint density at radius 2 is 2.14 bits per heavy atom. The fourth-order valence-corrected chi connectivity index (χ4v) is 2.76. The van der Waals surface area contributed by atoms with Crippen molar-refractivity contribution in [2.45, 2.75) is 13.0 Å². The number of hydrogen-bond donors (Lipinski definition) is 0. The predicted octanol–water partition coefficient (Wildman–Crippen LogP) is 1.59. The van der Waals surface area contributed by atoms with E-state index in [1.54, 1.807) is 19.2 Å². The first-order valence-corrected chi connectivity index (χ1v) is 7.81. The molecule has 1 aromatic carbocycles. The summed E-state index contributed by atoms with van der Waals surface area (Å²) in [4.78, 5) is 4.90. The van der Waals surface area contributed by atoms with E-state index in [-0.39, 0.29) is 0 Å². The Bertz CT molecular complexity index is 501. The zero-order chi connectivity index (χ0) is 15.8. The molecule has 0 spiro atoms. The van der Waals surface area contributed by atoms with Gasteiger partial charge < -0.3 is 9.47 Å². The first-order valence-electron chi connectivity index (χ1n) is 7.81. The minimum atomic E-state index is 0.547. The third kappa shape index (κ3) is 4.99. The smallest absolute Gasteiger partial charge is 0.120 e. The Morgan fingerprint density at radius 3 is 2.86 bits per heavy atom. The Kier molecular flexibility index (Phi) is 6.66. The molecule has 1 saturated heterocycles. The van der Waals surface area contributed by atoms with Crippen molar-refractivity contribution in [3.8, 4) is 11.8 Å². The molecule has 0 aliphatic carbocycles. The van der Waals surface area contributed by atoms with Crippen LogP contribution in [0.3, 0.4) is 0 Å². The molecular weight excluding hydrogens is 278 g/mol. The average Bonchev–Trinajstić information content (AvgIpc) is 2.54. The fraction of sp³-hybridized carbons (Fsp3) is 0.588. The number of hydrogen-bond acceptors (Lipinski definition) is 5. The molecule has 22 heavy (non-hydrogen) atoms. The molecule has 0 aromatic heterocycles. The molecule has 1 atom stereocenters. The van der Waals surface area contributed by atoms with Crippen molar-refractivity contribution >= 4 is 0 Å². The number of ether oxygens (including phenoxy) is 2. The van der Waals surface area contributed by atoms with E-state index in [4.69, 9.17) is 14.7 Å². The number of benzene rings is 1. The number of methoxy groups -OCH3 is 1. The zero-order valence-corrected chi connectivity index (χ0v) is 13.5. The van der Waals surface area contributed by atoms with Crippen LogP contribution in [0.5, 0.6) is 5.75 Å².